The first-order chi connectivity index (χ1) is 20.7. The van der Waals surface area contributed by atoms with Crippen LogP contribution in [0.4, 0.5) is 22.0 Å². The summed E-state index contributed by atoms with van der Waals surface area (Å²) in [5, 5.41) is 0. The van der Waals surface area contributed by atoms with Crippen molar-refractivity contribution in [2.45, 2.75) is 63.5 Å². The second-order valence-corrected chi connectivity index (χ2v) is 13.1. The first kappa shape index (κ1) is 30.5. The molecule has 2 saturated heterocycles. The van der Waals surface area contributed by atoms with Gasteiger partial charge in [-0.1, -0.05) is 30.3 Å². The molecule has 1 aliphatic carbocycles. The first-order valence-electron chi connectivity index (χ1n) is 15.3. The zero-order valence-corrected chi connectivity index (χ0v) is 25.0. The molecule has 3 aliphatic heterocycles. The number of halogens is 5. The number of hydrogen-bond acceptors (Lipinski definition) is 4. The van der Waals surface area contributed by atoms with Gasteiger partial charge >= 0.3 is 6.18 Å². The quantitative estimate of drug-likeness (QED) is 0.375. The third kappa shape index (κ3) is 5.81. The fraction of sp³-hybridized carbons (Fsp3) is 0.545. The molecule has 44 heavy (non-hydrogen) atoms. The number of nitrogens with zero attached hydrogens (tertiary/aromatic N) is 4. The van der Waals surface area contributed by atoms with Gasteiger partial charge in [-0.15, -0.1) is 0 Å². The fourth-order valence-electron chi connectivity index (χ4n) is 7.48. The Morgan fingerprint density at radius 3 is 2.30 bits per heavy atom. The molecule has 0 bridgehead atoms. The Morgan fingerprint density at radius 1 is 1.00 bits per heavy atom. The van der Waals surface area contributed by atoms with Crippen LogP contribution in [0, 0.1) is 25.7 Å². The summed E-state index contributed by atoms with van der Waals surface area (Å²) in [5.74, 6) is -3.15. The predicted molar refractivity (Wildman–Crippen MR) is 154 cm³/mol. The number of amides is 2. The molecule has 6 nitrogen and oxygen atoms in total. The van der Waals surface area contributed by atoms with E-state index in [1.807, 2.05) is 23.1 Å². The number of alkyl halides is 5. The van der Waals surface area contributed by atoms with Crippen molar-refractivity contribution in [2.75, 3.05) is 39.3 Å². The van der Waals surface area contributed by atoms with Gasteiger partial charge in [0, 0.05) is 75.6 Å². The zero-order chi connectivity index (χ0) is 31.4. The van der Waals surface area contributed by atoms with E-state index >= 15 is 0 Å². The van der Waals surface area contributed by atoms with Crippen molar-refractivity contribution < 1.29 is 31.5 Å². The van der Waals surface area contributed by atoms with Crippen LogP contribution < -0.4 is 0 Å². The van der Waals surface area contributed by atoms with Gasteiger partial charge in [0.25, 0.3) is 5.91 Å². The molecule has 1 unspecified atom stereocenters. The molecular weight excluding hydrogens is 579 g/mol. The van der Waals surface area contributed by atoms with Crippen molar-refractivity contribution in [3.05, 3.63) is 76.2 Å². The molecule has 0 radical (unpaired) electrons. The molecular formula is C33H37F5N4O2. The first-order valence-corrected chi connectivity index (χ1v) is 15.3. The zero-order valence-electron chi connectivity index (χ0n) is 25.0. The number of carbonyl (C=O) groups excluding carboxylic acids is 2. The van der Waals surface area contributed by atoms with E-state index in [2.05, 4.69) is 28.2 Å². The number of likely N-dealkylation sites (tertiary alicyclic amines) is 2. The Kier molecular flexibility index (Phi) is 7.73. The number of aryl methyl sites for hydroxylation is 2. The maximum Gasteiger partial charge on any atom is 0.433 e. The standard InChI is InChI=1S/C33H37F5N4O2/c1-21-14-27(33(36,37)38)39-22(2)28(21)30(44)41-17-24-15-40(16-25(24)18-41)13-12-31(26-6-4-3-5-7-26)19-42(20-31)29(43)23-8-10-32(34,35)11-9-23/h3-7,14-15,23,25H,8-13,16-20H2,1-2H3. The smallest absolute Gasteiger partial charge is 0.377 e. The largest absolute Gasteiger partial charge is 0.433 e. The number of benzene rings is 1. The third-order valence-corrected chi connectivity index (χ3v) is 9.96. The van der Waals surface area contributed by atoms with Crippen LogP contribution in [0.5, 0.6) is 0 Å². The minimum Gasteiger partial charge on any atom is -0.377 e. The number of carbonyl (C=O) groups is 2. The molecule has 6 rings (SSSR count). The minimum atomic E-state index is -4.57. The molecule has 3 fully saturated rings. The van der Waals surface area contributed by atoms with Crippen molar-refractivity contribution in [3.8, 4) is 0 Å². The summed E-state index contributed by atoms with van der Waals surface area (Å²) in [6.45, 7) is 6.52. The number of fused-ring (bicyclic) bond motifs is 1. The molecule has 1 aromatic heterocycles. The maximum absolute atomic E-state index is 13.6. The number of aromatic nitrogens is 1. The summed E-state index contributed by atoms with van der Waals surface area (Å²) < 4.78 is 66.8. The molecule has 4 aliphatic rings. The Bertz CT molecular complexity index is 1440. The maximum atomic E-state index is 13.6. The highest BCUT2D eigenvalue weighted by Crippen LogP contribution is 2.43. The molecule has 11 heteroatoms. The van der Waals surface area contributed by atoms with Crippen LogP contribution in [0.15, 0.2) is 48.2 Å². The molecule has 0 spiro atoms. The number of hydrogen-bond donors (Lipinski definition) is 0. The molecule has 2 aromatic rings. The van der Waals surface area contributed by atoms with Crippen LogP contribution in [0.2, 0.25) is 0 Å². The predicted octanol–water partition coefficient (Wildman–Crippen LogP) is 5.98. The average Bonchev–Trinajstić information content (AvgIpc) is 3.51. The van der Waals surface area contributed by atoms with E-state index in [-0.39, 0.29) is 71.6 Å². The SMILES string of the molecule is Cc1cc(C(F)(F)F)nc(C)c1C(=O)N1CC2=CN(CCC3(c4ccccc4)CN(C(=O)C4CCC(F)(F)CC4)C3)CC2C1. The van der Waals surface area contributed by atoms with Gasteiger partial charge in [0.1, 0.15) is 5.69 Å². The Morgan fingerprint density at radius 2 is 1.68 bits per heavy atom. The van der Waals surface area contributed by atoms with Gasteiger partial charge < -0.3 is 14.7 Å². The Labute approximate surface area is 253 Å². The van der Waals surface area contributed by atoms with Crippen LogP contribution in [0.25, 0.3) is 0 Å². The summed E-state index contributed by atoms with van der Waals surface area (Å²) >= 11 is 0. The van der Waals surface area contributed by atoms with Gasteiger partial charge in [0.2, 0.25) is 11.8 Å². The summed E-state index contributed by atoms with van der Waals surface area (Å²) in [5.41, 5.74) is 1.66. The van der Waals surface area contributed by atoms with Gasteiger partial charge in [-0.25, -0.2) is 13.8 Å². The Balaban J connectivity index is 1.08. The molecule has 2 amide bonds. The van der Waals surface area contributed by atoms with Crippen molar-refractivity contribution >= 4 is 11.8 Å². The fourth-order valence-corrected chi connectivity index (χ4v) is 7.48. The lowest BCUT2D eigenvalue weighted by molar-refractivity contribution is -0.148. The molecule has 1 saturated carbocycles. The number of pyridine rings is 1. The lowest BCUT2D eigenvalue weighted by atomic mass is 9.70. The highest BCUT2D eigenvalue weighted by Gasteiger charge is 2.49. The molecule has 0 N–H and O–H groups in total. The van der Waals surface area contributed by atoms with Gasteiger partial charge in [-0.3, -0.25) is 9.59 Å². The van der Waals surface area contributed by atoms with E-state index < -0.39 is 17.8 Å². The second kappa shape index (κ2) is 11.1. The van der Waals surface area contributed by atoms with E-state index in [1.165, 1.54) is 19.4 Å². The normalized spacial score (nSPS) is 22.9. The average molecular weight is 617 g/mol. The van der Waals surface area contributed by atoms with Gasteiger partial charge in [-0.2, -0.15) is 13.2 Å². The van der Waals surface area contributed by atoms with Crippen molar-refractivity contribution in [3.63, 3.8) is 0 Å². The van der Waals surface area contributed by atoms with Crippen molar-refractivity contribution in [1.29, 1.82) is 0 Å². The van der Waals surface area contributed by atoms with Crippen LogP contribution in [-0.2, 0) is 16.4 Å². The summed E-state index contributed by atoms with van der Waals surface area (Å²) in [6.07, 6.45) is -1.64. The molecule has 1 aromatic carbocycles. The van der Waals surface area contributed by atoms with Crippen LogP contribution in [-0.4, -0.2) is 76.7 Å². The lowest BCUT2D eigenvalue weighted by Crippen LogP contribution is -2.63. The highest BCUT2D eigenvalue weighted by atomic mass is 19.4. The summed E-state index contributed by atoms with van der Waals surface area (Å²) in [4.78, 5) is 36.0. The van der Waals surface area contributed by atoms with E-state index in [0.717, 1.165) is 31.1 Å². The van der Waals surface area contributed by atoms with Crippen LogP contribution in [0.1, 0.15) is 65.0 Å². The van der Waals surface area contributed by atoms with Crippen molar-refractivity contribution in [1.82, 2.24) is 19.7 Å². The van der Waals surface area contributed by atoms with E-state index in [4.69, 9.17) is 0 Å². The Hall–Kier alpha value is -3.50. The molecule has 4 heterocycles. The molecule has 236 valence electrons. The highest BCUT2D eigenvalue weighted by molar-refractivity contribution is 5.97. The molecule has 1 atom stereocenters. The summed E-state index contributed by atoms with van der Waals surface area (Å²) in [6, 6.07) is 11.1. The van der Waals surface area contributed by atoms with E-state index in [1.54, 1.807) is 4.90 Å². The third-order valence-electron chi connectivity index (χ3n) is 9.96. The number of rotatable bonds is 6. The van der Waals surface area contributed by atoms with E-state index in [0.29, 0.717) is 26.2 Å². The second-order valence-electron chi connectivity index (χ2n) is 13.1. The lowest BCUT2D eigenvalue weighted by Gasteiger charge is -2.52. The van der Waals surface area contributed by atoms with Crippen LogP contribution >= 0.6 is 0 Å². The van der Waals surface area contributed by atoms with Crippen LogP contribution in [0.3, 0.4) is 0 Å². The van der Waals surface area contributed by atoms with E-state index in [9.17, 15) is 31.5 Å². The summed E-state index contributed by atoms with van der Waals surface area (Å²) in [7, 11) is 0. The topological polar surface area (TPSA) is 56.8 Å². The monoisotopic (exact) mass is 616 g/mol. The minimum absolute atomic E-state index is 0.0108. The van der Waals surface area contributed by atoms with Crippen molar-refractivity contribution in [2.24, 2.45) is 11.8 Å². The van der Waals surface area contributed by atoms with Gasteiger partial charge in [0.15, 0.2) is 0 Å². The van der Waals surface area contributed by atoms with Gasteiger partial charge in [-0.05, 0) is 55.9 Å². The van der Waals surface area contributed by atoms with Gasteiger partial charge in [0.05, 0.1) is 11.3 Å².